The number of nitrogens with one attached hydrogen (secondary N) is 1. The summed E-state index contributed by atoms with van der Waals surface area (Å²) in [6, 6.07) is 3.87. The number of aryl methyl sites for hydroxylation is 3. The van der Waals surface area contributed by atoms with Gasteiger partial charge >= 0.3 is 0 Å². The third kappa shape index (κ3) is 5.02. The van der Waals surface area contributed by atoms with Gasteiger partial charge in [-0.1, -0.05) is 43.3 Å². The summed E-state index contributed by atoms with van der Waals surface area (Å²) >= 11 is 7.73. The molecule has 1 heterocycles. The topological polar surface area (TPSA) is 46.9 Å². The number of hydrogen-bond donors (Lipinski definition) is 1. The number of nitrogens with zero attached hydrogens (tertiary/aromatic N) is 2. The quantitative estimate of drug-likeness (QED) is 0.705. The van der Waals surface area contributed by atoms with Gasteiger partial charge in [0.1, 0.15) is 0 Å². The van der Waals surface area contributed by atoms with E-state index in [0.717, 1.165) is 34.2 Å². The Labute approximate surface area is 159 Å². The van der Waals surface area contributed by atoms with Crippen LogP contribution in [0.2, 0.25) is 5.02 Å². The molecule has 4 nitrogen and oxygen atoms in total. The maximum atomic E-state index is 12.4. The van der Waals surface area contributed by atoms with Crippen molar-refractivity contribution in [3.63, 3.8) is 0 Å². The molecule has 136 valence electrons. The molecule has 1 aromatic carbocycles. The molecule has 0 saturated heterocycles. The summed E-state index contributed by atoms with van der Waals surface area (Å²) in [5.41, 5.74) is 4.92. The molecule has 0 radical (unpaired) electrons. The number of thioether (sulfide) groups is 1. The summed E-state index contributed by atoms with van der Waals surface area (Å²) in [7, 11) is 0. The second-order valence-electron chi connectivity index (χ2n) is 6.85. The van der Waals surface area contributed by atoms with E-state index in [0.29, 0.717) is 22.4 Å². The van der Waals surface area contributed by atoms with Crippen LogP contribution >= 0.6 is 23.4 Å². The van der Waals surface area contributed by atoms with E-state index in [1.807, 2.05) is 32.9 Å². The SMILES string of the molecule is Cc1cc(C)c(NC(=O)CSc2nc(C)c(C)n2CC(C)C)c(Cl)c1. The molecule has 0 unspecified atom stereocenters. The first-order chi connectivity index (χ1) is 11.7. The van der Waals surface area contributed by atoms with Crippen LogP contribution in [-0.2, 0) is 11.3 Å². The molecule has 0 atom stereocenters. The number of hydrogen-bond acceptors (Lipinski definition) is 3. The zero-order valence-electron chi connectivity index (χ0n) is 15.7. The Morgan fingerprint density at radius 2 is 1.96 bits per heavy atom. The van der Waals surface area contributed by atoms with Crippen molar-refractivity contribution in [2.75, 3.05) is 11.1 Å². The number of anilines is 1. The lowest BCUT2D eigenvalue weighted by Crippen LogP contribution is -2.16. The van der Waals surface area contributed by atoms with Crippen molar-refractivity contribution >= 4 is 35.0 Å². The first kappa shape index (κ1) is 19.9. The fourth-order valence-corrected chi connectivity index (χ4v) is 3.96. The summed E-state index contributed by atoms with van der Waals surface area (Å²) in [4.78, 5) is 17.0. The lowest BCUT2D eigenvalue weighted by atomic mass is 10.1. The second-order valence-corrected chi connectivity index (χ2v) is 8.19. The maximum Gasteiger partial charge on any atom is 0.234 e. The van der Waals surface area contributed by atoms with Crippen LogP contribution in [0, 0.1) is 33.6 Å². The molecule has 0 spiro atoms. The number of aromatic nitrogens is 2. The van der Waals surface area contributed by atoms with E-state index in [1.165, 1.54) is 11.8 Å². The molecule has 0 fully saturated rings. The Morgan fingerprint density at radius 3 is 2.56 bits per heavy atom. The van der Waals surface area contributed by atoms with Crippen molar-refractivity contribution < 1.29 is 4.79 Å². The Morgan fingerprint density at radius 1 is 1.28 bits per heavy atom. The maximum absolute atomic E-state index is 12.4. The molecule has 0 saturated carbocycles. The Balaban J connectivity index is 2.07. The van der Waals surface area contributed by atoms with E-state index in [2.05, 4.69) is 35.6 Å². The Hall–Kier alpha value is -1.46. The van der Waals surface area contributed by atoms with Crippen molar-refractivity contribution in [3.8, 4) is 0 Å². The minimum atomic E-state index is -0.0757. The fraction of sp³-hybridized carbons (Fsp3) is 0.474. The number of amides is 1. The molecule has 0 aliphatic heterocycles. The summed E-state index contributed by atoms with van der Waals surface area (Å²) in [5.74, 6) is 0.750. The van der Waals surface area contributed by atoms with Gasteiger partial charge in [-0.3, -0.25) is 4.79 Å². The summed E-state index contributed by atoms with van der Waals surface area (Å²) in [6.45, 7) is 13.3. The third-order valence-electron chi connectivity index (χ3n) is 4.00. The van der Waals surface area contributed by atoms with Crippen LogP contribution < -0.4 is 5.32 Å². The number of benzene rings is 1. The molecule has 1 amide bonds. The van der Waals surface area contributed by atoms with Gasteiger partial charge in [-0.2, -0.15) is 0 Å². The molecule has 2 aromatic rings. The van der Waals surface area contributed by atoms with E-state index in [-0.39, 0.29) is 5.91 Å². The zero-order valence-corrected chi connectivity index (χ0v) is 17.3. The number of imidazole rings is 1. The molecule has 2 rings (SSSR count). The molecule has 1 aromatic heterocycles. The summed E-state index contributed by atoms with van der Waals surface area (Å²) < 4.78 is 2.20. The lowest BCUT2D eigenvalue weighted by molar-refractivity contribution is -0.113. The number of halogens is 1. The standard InChI is InChI=1S/C19H26ClN3OS/c1-11(2)9-23-15(6)14(5)21-19(23)25-10-17(24)22-18-13(4)7-12(3)8-16(18)20/h7-8,11H,9-10H2,1-6H3,(H,22,24). The van der Waals surface area contributed by atoms with E-state index >= 15 is 0 Å². The van der Waals surface area contributed by atoms with Gasteiger partial charge in [0.15, 0.2) is 5.16 Å². The molecule has 6 heteroatoms. The van der Waals surface area contributed by atoms with E-state index in [9.17, 15) is 4.79 Å². The van der Waals surface area contributed by atoms with Crippen LogP contribution in [0.5, 0.6) is 0 Å². The van der Waals surface area contributed by atoms with Gasteiger partial charge in [0.05, 0.1) is 22.2 Å². The summed E-state index contributed by atoms with van der Waals surface area (Å²) in [6.07, 6.45) is 0. The van der Waals surface area contributed by atoms with E-state index in [1.54, 1.807) is 0 Å². The van der Waals surface area contributed by atoms with Crippen LogP contribution in [0.1, 0.15) is 36.4 Å². The highest BCUT2D eigenvalue weighted by molar-refractivity contribution is 7.99. The van der Waals surface area contributed by atoms with Crippen LogP contribution in [0.15, 0.2) is 17.3 Å². The van der Waals surface area contributed by atoms with Gasteiger partial charge < -0.3 is 9.88 Å². The average Bonchev–Trinajstić information content (AvgIpc) is 2.76. The summed E-state index contributed by atoms with van der Waals surface area (Å²) in [5, 5.41) is 4.40. The van der Waals surface area contributed by atoms with Crippen LogP contribution in [0.3, 0.4) is 0 Å². The fourth-order valence-electron chi connectivity index (χ4n) is 2.69. The average molecular weight is 380 g/mol. The second kappa shape index (κ2) is 8.28. The van der Waals surface area contributed by atoms with Gasteiger partial charge in [-0.15, -0.1) is 0 Å². The zero-order chi connectivity index (χ0) is 18.7. The van der Waals surface area contributed by atoms with Gasteiger partial charge in [0.2, 0.25) is 5.91 Å². The lowest BCUT2D eigenvalue weighted by Gasteiger charge is -2.13. The predicted octanol–water partition coefficient (Wildman–Crippen LogP) is 5.16. The van der Waals surface area contributed by atoms with Crippen molar-refractivity contribution in [3.05, 3.63) is 39.7 Å². The molecule has 0 aliphatic rings. The number of rotatable bonds is 6. The highest BCUT2D eigenvalue weighted by Crippen LogP contribution is 2.28. The minimum absolute atomic E-state index is 0.0757. The Kier molecular flexibility index (Phi) is 6.58. The van der Waals surface area contributed by atoms with Crippen molar-refractivity contribution in [2.45, 2.75) is 53.2 Å². The largest absolute Gasteiger partial charge is 0.324 e. The number of carbonyl (C=O) groups is 1. The van der Waals surface area contributed by atoms with Gasteiger partial charge in [0.25, 0.3) is 0 Å². The first-order valence-corrected chi connectivity index (χ1v) is 9.78. The molecule has 0 bridgehead atoms. The molecule has 1 N–H and O–H groups in total. The smallest absolute Gasteiger partial charge is 0.234 e. The minimum Gasteiger partial charge on any atom is -0.324 e. The van der Waals surface area contributed by atoms with Crippen molar-refractivity contribution in [1.29, 1.82) is 0 Å². The van der Waals surface area contributed by atoms with Crippen LogP contribution in [-0.4, -0.2) is 21.2 Å². The van der Waals surface area contributed by atoms with E-state index in [4.69, 9.17) is 11.6 Å². The molecule has 0 aliphatic carbocycles. The highest BCUT2D eigenvalue weighted by Gasteiger charge is 2.15. The van der Waals surface area contributed by atoms with Crippen molar-refractivity contribution in [2.24, 2.45) is 5.92 Å². The first-order valence-electron chi connectivity index (χ1n) is 8.42. The van der Waals surface area contributed by atoms with Crippen LogP contribution in [0.25, 0.3) is 0 Å². The third-order valence-corrected chi connectivity index (χ3v) is 5.27. The van der Waals surface area contributed by atoms with Gasteiger partial charge in [-0.05, 0) is 50.8 Å². The van der Waals surface area contributed by atoms with Crippen molar-refractivity contribution in [1.82, 2.24) is 9.55 Å². The monoisotopic (exact) mass is 379 g/mol. The molecule has 25 heavy (non-hydrogen) atoms. The molecular weight excluding hydrogens is 354 g/mol. The van der Waals surface area contributed by atoms with Crippen LogP contribution in [0.4, 0.5) is 5.69 Å². The van der Waals surface area contributed by atoms with Gasteiger partial charge in [-0.25, -0.2) is 4.98 Å². The number of carbonyl (C=O) groups excluding carboxylic acids is 1. The normalized spacial score (nSPS) is 11.2. The highest BCUT2D eigenvalue weighted by atomic mass is 35.5. The van der Waals surface area contributed by atoms with Gasteiger partial charge in [0, 0.05) is 12.2 Å². The van der Waals surface area contributed by atoms with E-state index < -0.39 is 0 Å². The molecular formula is C19H26ClN3OS. The predicted molar refractivity (Wildman–Crippen MR) is 107 cm³/mol. The Bertz CT molecular complexity index is 760.